The average molecular weight is 220 g/mol. The highest BCUT2D eigenvalue weighted by Gasteiger charge is 2.32. The van der Waals surface area contributed by atoms with E-state index in [0.717, 1.165) is 0 Å². The Morgan fingerprint density at radius 3 is 2.27 bits per heavy atom. The summed E-state index contributed by atoms with van der Waals surface area (Å²) in [6.07, 6.45) is -4.26. The molecular weight excluding hydrogens is 209 g/mol. The number of ether oxygens (including phenoxy) is 2. The maximum Gasteiger partial charge on any atom is 0.573 e. The van der Waals surface area contributed by atoms with Gasteiger partial charge in [0.1, 0.15) is 11.5 Å². The van der Waals surface area contributed by atoms with Gasteiger partial charge in [-0.05, 0) is 18.6 Å². The zero-order valence-corrected chi connectivity index (χ0v) is 8.39. The molecule has 0 heterocycles. The molecule has 0 bridgehead atoms. The number of rotatable bonds is 3. The molecule has 2 nitrogen and oxygen atoms in total. The minimum Gasteiger partial charge on any atom is -0.496 e. The third-order valence-corrected chi connectivity index (χ3v) is 1.89. The van der Waals surface area contributed by atoms with Crippen LogP contribution in [0.1, 0.15) is 12.5 Å². The number of halogens is 3. The topological polar surface area (TPSA) is 18.5 Å². The Morgan fingerprint density at radius 1 is 1.20 bits per heavy atom. The summed E-state index contributed by atoms with van der Waals surface area (Å²) >= 11 is 0. The fourth-order valence-electron chi connectivity index (χ4n) is 1.31. The highest BCUT2D eigenvalue weighted by atomic mass is 19.4. The Hall–Kier alpha value is -1.39. The minimum atomic E-state index is -4.67. The summed E-state index contributed by atoms with van der Waals surface area (Å²) in [6, 6.07) is 4.33. The monoisotopic (exact) mass is 220 g/mol. The van der Waals surface area contributed by atoms with Crippen molar-refractivity contribution >= 4 is 0 Å². The van der Waals surface area contributed by atoms with Crippen LogP contribution in [0, 0.1) is 0 Å². The molecule has 84 valence electrons. The van der Waals surface area contributed by atoms with Crippen molar-refractivity contribution in [3.05, 3.63) is 23.8 Å². The summed E-state index contributed by atoms with van der Waals surface area (Å²) < 4.78 is 44.9. The number of benzene rings is 1. The molecule has 15 heavy (non-hydrogen) atoms. The molecule has 0 saturated heterocycles. The molecule has 0 spiro atoms. The third kappa shape index (κ3) is 3.04. The standard InChI is InChI=1S/C10H11F3O2/c1-3-7-8(14-2)5-4-6-9(7)15-10(11,12)13/h4-6H,3H2,1-2H3. The van der Waals surface area contributed by atoms with Gasteiger partial charge in [-0.2, -0.15) is 0 Å². The van der Waals surface area contributed by atoms with Crippen LogP contribution in [-0.2, 0) is 6.42 Å². The third-order valence-electron chi connectivity index (χ3n) is 1.89. The van der Waals surface area contributed by atoms with Gasteiger partial charge in [0, 0.05) is 5.56 Å². The first-order chi connectivity index (χ1) is 6.98. The van der Waals surface area contributed by atoms with E-state index in [2.05, 4.69) is 4.74 Å². The van der Waals surface area contributed by atoms with Crippen molar-refractivity contribution in [1.29, 1.82) is 0 Å². The molecule has 0 aliphatic rings. The Bertz CT molecular complexity index is 334. The summed E-state index contributed by atoms with van der Waals surface area (Å²) in [5, 5.41) is 0. The van der Waals surface area contributed by atoms with Crippen molar-refractivity contribution in [3.63, 3.8) is 0 Å². The average Bonchev–Trinajstić information content (AvgIpc) is 2.15. The fraction of sp³-hybridized carbons (Fsp3) is 0.400. The second kappa shape index (κ2) is 4.42. The van der Waals surface area contributed by atoms with E-state index in [1.165, 1.54) is 19.2 Å². The number of hydrogen-bond acceptors (Lipinski definition) is 2. The predicted octanol–water partition coefficient (Wildman–Crippen LogP) is 3.16. The first kappa shape index (κ1) is 11.7. The van der Waals surface area contributed by atoms with E-state index in [4.69, 9.17) is 4.74 Å². The number of methoxy groups -OCH3 is 1. The molecule has 0 atom stereocenters. The summed E-state index contributed by atoms with van der Waals surface area (Å²) in [5.74, 6) is 0.198. The highest BCUT2D eigenvalue weighted by Crippen LogP contribution is 2.32. The first-order valence-electron chi connectivity index (χ1n) is 4.39. The largest absolute Gasteiger partial charge is 0.573 e. The minimum absolute atomic E-state index is 0.204. The van der Waals surface area contributed by atoms with Crippen molar-refractivity contribution in [3.8, 4) is 11.5 Å². The van der Waals surface area contributed by atoms with Crippen molar-refractivity contribution in [2.45, 2.75) is 19.7 Å². The molecule has 0 unspecified atom stereocenters. The van der Waals surface area contributed by atoms with Gasteiger partial charge in [-0.1, -0.05) is 13.0 Å². The Balaban J connectivity index is 3.06. The molecule has 1 aromatic carbocycles. The summed E-state index contributed by atoms with van der Waals surface area (Å²) in [4.78, 5) is 0. The predicted molar refractivity (Wildman–Crippen MR) is 49.1 cm³/mol. The van der Waals surface area contributed by atoms with Gasteiger partial charge in [-0.15, -0.1) is 13.2 Å². The molecule has 5 heteroatoms. The molecule has 0 fully saturated rings. The van der Waals surface area contributed by atoms with Crippen LogP contribution in [0.3, 0.4) is 0 Å². The van der Waals surface area contributed by atoms with Crippen LogP contribution in [0.15, 0.2) is 18.2 Å². The zero-order chi connectivity index (χ0) is 11.5. The first-order valence-corrected chi connectivity index (χ1v) is 4.39. The lowest BCUT2D eigenvalue weighted by molar-refractivity contribution is -0.274. The molecule has 0 amide bonds. The van der Waals surface area contributed by atoms with E-state index in [1.54, 1.807) is 13.0 Å². The molecule has 0 saturated carbocycles. The van der Waals surface area contributed by atoms with Crippen LogP contribution in [0.2, 0.25) is 0 Å². The Kier molecular flexibility index (Phi) is 3.44. The lowest BCUT2D eigenvalue weighted by Crippen LogP contribution is -2.18. The number of hydrogen-bond donors (Lipinski definition) is 0. The molecule has 1 aromatic rings. The van der Waals surface area contributed by atoms with Gasteiger partial charge >= 0.3 is 6.36 Å². The van der Waals surface area contributed by atoms with Gasteiger partial charge in [-0.25, -0.2) is 0 Å². The second-order valence-electron chi connectivity index (χ2n) is 2.84. The van der Waals surface area contributed by atoms with E-state index >= 15 is 0 Å². The van der Waals surface area contributed by atoms with Crippen molar-refractivity contribution in [2.75, 3.05) is 7.11 Å². The van der Waals surface area contributed by atoms with Crippen molar-refractivity contribution in [1.82, 2.24) is 0 Å². The van der Waals surface area contributed by atoms with Gasteiger partial charge in [-0.3, -0.25) is 0 Å². The van der Waals surface area contributed by atoms with Gasteiger partial charge < -0.3 is 9.47 Å². The van der Waals surface area contributed by atoms with E-state index in [9.17, 15) is 13.2 Å². The summed E-state index contributed by atoms with van der Waals surface area (Å²) in [6.45, 7) is 1.74. The van der Waals surface area contributed by atoms with Crippen LogP contribution in [0.4, 0.5) is 13.2 Å². The van der Waals surface area contributed by atoms with Crippen LogP contribution in [0.25, 0.3) is 0 Å². The number of alkyl halides is 3. The van der Waals surface area contributed by atoms with E-state index in [0.29, 0.717) is 17.7 Å². The molecule has 0 aliphatic carbocycles. The zero-order valence-electron chi connectivity index (χ0n) is 8.39. The maximum absolute atomic E-state index is 12.0. The summed E-state index contributed by atoms with van der Waals surface area (Å²) in [5.41, 5.74) is 0.414. The van der Waals surface area contributed by atoms with Crippen LogP contribution in [0.5, 0.6) is 11.5 Å². The Labute approximate surface area is 85.6 Å². The Morgan fingerprint density at radius 2 is 1.80 bits per heavy atom. The van der Waals surface area contributed by atoms with E-state index < -0.39 is 6.36 Å². The second-order valence-corrected chi connectivity index (χ2v) is 2.84. The quantitative estimate of drug-likeness (QED) is 0.779. The van der Waals surface area contributed by atoms with Crippen LogP contribution in [-0.4, -0.2) is 13.5 Å². The van der Waals surface area contributed by atoms with E-state index in [-0.39, 0.29) is 5.75 Å². The molecule has 0 aliphatic heterocycles. The van der Waals surface area contributed by atoms with Crippen LogP contribution < -0.4 is 9.47 Å². The van der Waals surface area contributed by atoms with Gasteiger partial charge in [0.25, 0.3) is 0 Å². The fourth-order valence-corrected chi connectivity index (χ4v) is 1.31. The summed E-state index contributed by atoms with van der Waals surface area (Å²) in [7, 11) is 1.41. The SMILES string of the molecule is CCc1c(OC)cccc1OC(F)(F)F. The molecule has 0 radical (unpaired) electrons. The van der Waals surface area contributed by atoms with Gasteiger partial charge in [0.2, 0.25) is 0 Å². The maximum atomic E-state index is 12.0. The lowest BCUT2D eigenvalue weighted by Gasteiger charge is -2.14. The molecular formula is C10H11F3O2. The van der Waals surface area contributed by atoms with E-state index in [1.807, 2.05) is 0 Å². The molecule has 0 N–H and O–H groups in total. The normalized spacial score (nSPS) is 11.3. The van der Waals surface area contributed by atoms with Crippen LogP contribution >= 0.6 is 0 Å². The lowest BCUT2D eigenvalue weighted by atomic mass is 10.1. The highest BCUT2D eigenvalue weighted by molar-refractivity contribution is 5.44. The molecule has 1 rings (SSSR count). The van der Waals surface area contributed by atoms with Gasteiger partial charge in [0.15, 0.2) is 0 Å². The van der Waals surface area contributed by atoms with Crippen molar-refractivity contribution < 1.29 is 22.6 Å². The smallest absolute Gasteiger partial charge is 0.496 e. The molecule has 0 aromatic heterocycles. The van der Waals surface area contributed by atoms with Crippen molar-refractivity contribution in [2.24, 2.45) is 0 Å². The van der Waals surface area contributed by atoms with Gasteiger partial charge in [0.05, 0.1) is 7.11 Å².